The van der Waals surface area contributed by atoms with Gasteiger partial charge >= 0.3 is 6.03 Å². The van der Waals surface area contributed by atoms with Crippen LogP contribution in [-0.4, -0.2) is 27.3 Å². The van der Waals surface area contributed by atoms with Crippen molar-refractivity contribution in [3.05, 3.63) is 87.2 Å². The minimum atomic E-state index is -0.834. The summed E-state index contributed by atoms with van der Waals surface area (Å²) in [7, 11) is 0. The van der Waals surface area contributed by atoms with Gasteiger partial charge in [-0.3, -0.25) is 30.3 Å². The largest absolute Gasteiger partial charge is 0.328 e. The number of hydrogen-bond acceptors (Lipinski definition) is 6. The van der Waals surface area contributed by atoms with Crippen molar-refractivity contribution < 1.29 is 19.3 Å². The minimum Gasteiger partial charge on any atom is -0.318 e. The number of non-ortho nitro benzene ring substituents is 1. The van der Waals surface area contributed by atoms with E-state index in [0.29, 0.717) is 5.56 Å². The number of hydrogen-bond donors (Lipinski definition) is 2. The Bertz CT molecular complexity index is 1300. The van der Waals surface area contributed by atoms with Crippen LogP contribution in [0.1, 0.15) is 17.0 Å². The zero-order chi connectivity index (χ0) is 23.7. The van der Waals surface area contributed by atoms with Crippen LogP contribution in [0.2, 0.25) is 0 Å². The number of aromatic nitrogens is 1. The smallest absolute Gasteiger partial charge is 0.318 e. The number of rotatable bonds is 5. The molecule has 4 amide bonds. The van der Waals surface area contributed by atoms with Crippen molar-refractivity contribution in [2.75, 3.05) is 0 Å². The Morgan fingerprint density at radius 3 is 2.00 bits per heavy atom. The number of amides is 4. The fraction of sp³-hybridized carbons (Fsp3) is 0.0870. The number of imide groups is 2. The number of nitrogens with one attached hydrogen (secondary N) is 2. The van der Waals surface area contributed by atoms with E-state index in [1.54, 1.807) is 12.1 Å². The third-order valence-electron chi connectivity index (χ3n) is 5.09. The quantitative estimate of drug-likeness (QED) is 0.257. The molecule has 9 nitrogen and oxygen atoms in total. The van der Waals surface area contributed by atoms with Crippen molar-refractivity contribution >= 4 is 41.4 Å². The average Bonchev–Trinajstić information content (AvgIpc) is 3.04. The molecule has 4 rings (SSSR count). The molecule has 1 fully saturated rings. The van der Waals surface area contributed by atoms with Gasteiger partial charge in [0.2, 0.25) is 0 Å². The molecule has 0 saturated carbocycles. The number of urea groups is 1. The molecule has 2 aromatic carbocycles. The first-order chi connectivity index (χ1) is 15.7. The Morgan fingerprint density at radius 1 is 0.909 bits per heavy atom. The second-order valence-electron chi connectivity index (χ2n) is 7.30. The number of aryl methyl sites for hydroxylation is 1. The van der Waals surface area contributed by atoms with E-state index in [0.717, 1.165) is 26.9 Å². The molecule has 0 aliphatic carbocycles. The van der Waals surface area contributed by atoms with E-state index in [1.165, 1.54) is 30.0 Å². The molecule has 3 aromatic rings. The molecule has 0 spiro atoms. The average molecular weight is 462 g/mol. The lowest BCUT2D eigenvalue weighted by Crippen LogP contribution is -2.51. The second-order valence-corrected chi connectivity index (χ2v) is 8.45. The van der Waals surface area contributed by atoms with Crippen LogP contribution in [-0.2, 0) is 9.59 Å². The molecule has 10 heteroatoms. The lowest BCUT2D eigenvalue weighted by molar-refractivity contribution is -0.384. The van der Waals surface area contributed by atoms with Gasteiger partial charge in [-0.1, -0.05) is 11.8 Å². The lowest BCUT2D eigenvalue weighted by Gasteiger charge is -2.14. The molecule has 0 bridgehead atoms. The maximum absolute atomic E-state index is 12.0. The molecule has 2 N–H and O–H groups in total. The molecule has 2 heterocycles. The maximum atomic E-state index is 12.0. The van der Waals surface area contributed by atoms with Gasteiger partial charge in [0.05, 0.1) is 4.92 Å². The molecular formula is C23H18N4O5S. The lowest BCUT2D eigenvalue weighted by atomic mass is 10.1. The third kappa shape index (κ3) is 4.55. The molecule has 33 heavy (non-hydrogen) atoms. The van der Waals surface area contributed by atoms with Gasteiger partial charge in [0.25, 0.3) is 17.5 Å². The third-order valence-corrected chi connectivity index (χ3v) is 6.11. The highest BCUT2D eigenvalue weighted by atomic mass is 32.2. The van der Waals surface area contributed by atoms with Gasteiger partial charge < -0.3 is 4.57 Å². The van der Waals surface area contributed by atoms with Gasteiger partial charge in [-0.15, -0.1) is 0 Å². The van der Waals surface area contributed by atoms with Gasteiger partial charge in [0, 0.05) is 39.0 Å². The predicted octanol–water partition coefficient (Wildman–Crippen LogP) is 3.90. The highest BCUT2D eigenvalue weighted by molar-refractivity contribution is 7.99. The van der Waals surface area contributed by atoms with Crippen LogP contribution in [0, 0.1) is 24.0 Å². The minimum absolute atomic E-state index is 0.0498. The van der Waals surface area contributed by atoms with Crippen molar-refractivity contribution in [2.24, 2.45) is 0 Å². The van der Waals surface area contributed by atoms with Crippen LogP contribution in [0.5, 0.6) is 0 Å². The Labute approximate surface area is 192 Å². The summed E-state index contributed by atoms with van der Waals surface area (Å²) in [6.45, 7) is 3.79. The van der Waals surface area contributed by atoms with Gasteiger partial charge in [0.1, 0.15) is 5.57 Å². The van der Waals surface area contributed by atoms with Crippen LogP contribution in [0.25, 0.3) is 11.8 Å². The second kappa shape index (κ2) is 8.75. The molecular weight excluding hydrogens is 444 g/mol. The van der Waals surface area contributed by atoms with Crippen molar-refractivity contribution in [3.8, 4) is 5.69 Å². The van der Waals surface area contributed by atoms with E-state index in [4.69, 9.17) is 0 Å². The highest BCUT2D eigenvalue weighted by Gasteiger charge is 2.28. The summed E-state index contributed by atoms with van der Waals surface area (Å²) in [6.07, 6.45) is 1.47. The summed E-state index contributed by atoms with van der Waals surface area (Å²) in [4.78, 5) is 47.5. The first-order valence-corrected chi connectivity index (χ1v) is 10.6. The molecule has 1 saturated heterocycles. The number of benzene rings is 2. The van der Waals surface area contributed by atoms with Crippen LogP contribution in [0.4, 0.5) is 10.5 Å². The normalized spacial score (nSPS) is 13.5. The van der Waals surface area contributed by atoms with Crippen LogP contribution in [0.3, 0.4) is 0 Å². The Hall–Kier alpha value is -4.18. The Morgan fingerprint density at radius 2 is 1.45 bits per heavy atom. The van der Waals surface area contributed by atoms with Crippen LogP contribution in [0.15, 0.2) is 70.0 Å². The van der Waals surface area contributed by atoms with Gasteiger partial charge in [0.15, 0.2) is 0 Å². The summed E-state index contributed by atoms with van der Waals surface area (Å²) in [6, 6.07) is 15.2. The summed E-state index contributed by atoms with van der Waals surface area (Å²) in [5.41, 5.74) is 3.23. The first kappa shape index (κ1) is 22.0. The molecule has 0 radical (unpaired) electrons. The van der Waals surface area contributed by atoms with E-state index in [-0.39, 0.29) is 11.3 Å². The number of barbiturate groups is 1. The summed E-state index contributed by atoms with van der Waals surface area (Å²) >= 11 is 1.49. The molecule has 166 valence electrons. The fourth-order valence-corrected chi connectivity index (χ4v) is 4.34. The van der Waals surface area contributed by atoms with E-state index >= 15 is 0 Å². The van der Waals surface area contributed by atoms with Crippen molar-refractivity contribution in [1.82, 2.24) is 15.2 Å². The number of carbonyl (C=O) groups excluding carboxylic acids is 3. The number of nitro groups is 1. The van der Waals surface area contributed by atoms with Gasteiger partial charge in [-0.05, 0) is 68.0 Å². The molecule has 0 unspecified atom stereocenters. The summed E-state index contributed by atoms with van der Waals surface area (Å²) in [5, 5.41) is 14.9. The topological polar surface area (TPSA) is 123 Å². The van der Waals surface area contributed by atoms with Gasteiger partial charge in [-0.2, -0.15) is 0 Å². The fourth-order valence-electron chi connectivity index (χ4n) is 3.53. The Kier molecular flexibility index (Phi) is 5.84. The van der Waals surface area contributed by atoms with E-state index < -0.39 is 22.8 Å². The Balaban J connectivity index is 1.57. The number of nitrogens with zero attached hydrogens (tertiary/aromatic N) is 2. The molecule has 1 aliphatic rings. The van der Waals surface area contributed by atoms with Gasteiger partial charge in [-0.25, -0.2) is 4.79 Å². The zero-order valence-electron chi connectivity index (χ0n) is 17.6. The number of nitro benzene ring substituents is 1. The van der Waals surface area contributed by atoms with E-state index in [2.05, 4.69) is 10.6 Å². The number of carbonyl (C=O) groups is 3. The zero-order valence-corrected chi connectivity index (χ0v) is 18.4. The first-order valence-electron chi connectivity index (χ1n) is 9.83. The van der Waals surface area contributed by atoms with Crippen LogP contribution < -0.4 is 10.6 Å². The van der Waals surface area contributed by atoms with Crippen molar-refractivity contribution in [2.45, 2.75) is 23.6 Å². The standard InChI is InChI=1S/C23H18N4O5S/c1-13-11-15(12-20-21(28)24-23(30)25-22(20)29)14(2)26(13)16-3-7-18(8-4-16)33-19-9-5-17(6-10-19)27(31)32/h3-12H,1-2H3,(H2,24,25,28,29,30). The van der Waals surface area contributed by atoms with E-state index in [1.807, 2.05) is 48.7 Å². The van der Waals surface area contributed by atoms with Crippen molar-refractivity contribution in [1.29, 1.82) is 0 Å². The van der Waals surface area contributed by atoms with Crippen molar-refractivity contribution in [3.63, 3.8) is 0 Å². The molecule has 0 atom stereocenters. The summed E-state index contributed by atoms with van der Waals surface area (Å²) in [5.74, 6) is -1.47. The SMILES string of the molecule is Cc1cc(C=C2C(=O)NC(=O)NC2=O)c(C)n1-c1ccc(Sc2ccc([N+](=O)[O-])cc2)cc1. The van der Waals surface area contributed by atoms with E-state index in [9.17, 15) is 24.5 Å². The van der Waals surface area contributed by atoms with Crippen LogP contribution >= 0.6 is 11.8 Å². The maximum Gasteiger partial charge on any atom is 0.328 e. The summed E-state index contributed by atoms with van der Waals surface area (Å²) < 4.78 is 2.00. The molecule has 1 aromatic heterocycles. The predicted molar refractivity (Wildman–Crippen MR) is 122 cm³/mol. The monoisotopic (exact) mass is 462 g/mol. The highest BCUT2D eigenvalue weighted by Crippen LogP contribution is 2.30. The molecule has 1 aliphatic heterocycles.